The Balaban J connectivity index is 2.25. The molecule has 1 aromatic heterocycles. The van der Waals surface area contributed by atoms with Gasteiger partial charge in [-0.2, -0.15) is 5.10 Å². The van der Waals surface area contributed by atoms with Gasteiger partial charge in [0.2, 0.25) is 0 Å². The summed E-state index contributed by atoms with van der Waals surface area (Å²) in [5.74, 6) is -0.915. The normalized spacial score (nSPS) is 10.5. The molecule has 2 aromatic rings. The van der Waals surface area contributed by atoms with E-state index in [0.29, 0.717) is 17.1 Å². The second kappa shape index (κ2) is 4.59. The summed E-state index contributed by atoms with van der Waals surface area (Å²) in [6.45, 7) is 2.46. The van der Waals surface area contributed by atoms with Crippen LogP contribution in [0.4, 0.5) is 0 Å². The van der Waals surface area contributed by atoms with Gasteiger partial charge in [-0.1, -0.05) is 17.7 Å². The lowest BCUT2D eigenvalue weighted by Gasteiger charge is -2.06. The molecule has 0 aliphatic heterocycles. The van der Waals surface area contributed by atoms with E-state index < -0.39 is 5.97 Å². The van der Waals surface area contributed by atoms with E-state index in [2.05, 4.69) is 5.10 Å². The van der Waals surface area contributed by atoms with E-state index in [4.69, 9.17) is 16.7 Å². The first kappa shape index (κ1) is 11.7. The van der Waals surface area contributed by atoms with Crippen molar-refractivity contribution in [3.63, 3.8) is 0 Å². The molecule has 0 unspecified atom stereocenters. The summed E-state index contributed by atoms with van der Waals surface area (Å²) in [4.78, 5) is 10.8. The highest BCUT2D eigenvalue weighted by atomic mass is 35.5. The third kappa shape index (κ3) is 2.65. The molecule has 1 aromatic carbocycles. The van der Waals surface area contributed by atoms with Crippen LogP contribution in [0.5, 0.6) is 0 Å². The number of hydrogen-bond acceptors (Lipinski definition) is 2. The Labute approximate surface area is 103 Å². The van der Waals surface area contributed by atoms with Gasteiger partial charge in [-0.15, -0.1) is 0 Å². The number of carboxylic acid groups (broad SMARTS) is 1. The van der Waals surface area contributed by atoms with Crippen LogP contribution in [-0.2, 0) is 6.54 Å². The number of halogens is 1. The van der Waals surface area contributed by atoms with Gasteiger partial charge in [0.1, 0.15) is 0 Å². The monoisotopic (exact) mass is 250 g/mol. The van der Waals surface area contributed by atoms with E-state index >= 15 is 0 Å². The van der Waals surface area contributed by atoms with Crippen molar-refractivity contribution >= 4 is 17.6 Å². The van der Waals surface area contributed by atoms with Crippen molar-refractivity contribution in [3.05, 3.63) is 52.3 Å². The SMILES string of the molecule is Cc1cc(C(=O)O)ccc1Cn1cc(Cl)cn1. The van der Waals surface area contributed by atoms with Gasteiger partial charge in [-0.05, 0) is 30.2 Å². The van der Waals surface area contributed by atoms with Gasteiger partial charge in [-0.25, -0.2) is 4.79 Å². The fourth-order valence-corrected chi connectivity index (χ4v) is 1.76. The van der Waals surface area contributed by atoms with E-state index in [0.717, 1.165) is 11.1 Å². The van der Waals surface area contributed by atoms with Crippen molar-refractivity contribution in [2.24, 2.45) is 0 Å². The van der Waals surface area contributed by atoms with Crippen molar-refractivity contribution in [1.82, 2.24) is 9.78 Å². The minimum Gasteiger partial charge on any atom is -0.478 e. The number of benzene rings is 1. The van der Waals surface area contributed by atoms with Gasteiger partial charge in [0, 0.05) is 6.20 Å². The molecule has 5 heteroatoms. The first-order valence-electron chi connectivity index (χ1n) is 5.07. The quantitative estimate of drug-likeness (QED) is 0.911. The van der Waals surface area contributed by atoms with Crippen molar-refractivity contribution in [1.29, 1.82) is 0 Å². The van der Waals surface area contributed by atoms with E-state index in [1.165, 1.54) is 0 Å². The summed E-state index contributed by atoms with van der Waals surface area (Å²) >= 11 is 5.77. The topological polar surface area (TPSA) is 55.1 Å². The van der Waals surface area contributed by atoms with Gasteiger partial charge in [-0.3, -0.25) is 4.68 Å². The molecule has 1 heterocycles. The second-order valence-corrected chi connectivity index (χ2v) is 4.24. The molecule has 0 fully saturated rings. The number of carboxylic acids is 1. The summed E-state index contributed by atoms with van der Waals surface area (Å²) in [7, 11) is 0. The number of aromatic carboxylic acids is 1. The molecule has 0 amide bonds. The molecule has 0 bridgehead atoms. The zero-order valence-corrected chi connectivity index (χ0v) is 9.98. The highest BCUT2D eigenvalue weighted by Gasteiger charge is 2.06. The molecule has 1 N–H and O–H groups in total. The van der Waals surface area contributed by atoms with Crippen LogP contribution < -0.4 is 0 Å². The van der Waals surface area contributed by atoms with Crippen LogP contribution in [0, 0.1) is 6.92 Å². The summed E-state index contributed by atoms with van der Waals surface area (Å²) in [5, 5.41) is 13.5. The Morgan fingerprint density at radius 3 is 2.82 bits per heavy atom. The Bertz CT molecular complexity index is 563. The first-order valence-corrected chi connectivity index (χ1v) is 5.45. The standard InChI is InChI=1S/C12H11ClN2O2/c1-8-4-9(12(16)17)2-3-10(8)6-15-7-11(13)5-14-15/h2-5,7H,6H2,1H3,(H,16,17). The van der Waals surface area contributed by atoms with Crippen molar-refractivity contribution in [3.8, 4) is 0 Å². The highest BCUT2D eigenvalue weighted by Crippen LogP contribution is 2.14. The Morgan fingerprint density at radius 2 is 2.29 bits per heavy atom. The van der Waals surface area contributed by atoms with Gasteiger partial charge in [0.05, 0.1) is 23.3 Å². The Morgan fingerprint density at radius 1 is 1.53 bits per heavy atom. The molecule has 0 aliphatic rings. The van der Waals surface area contributed by atoms with Gasteiger partial charge < -0.3 is 5.11 Å². The molecule has 0 spiro atoms. The Hall–Kier alpha value is -1.81. The summed E-state index contributed by atoms with van der Waals surface area (Å²) < 4.78 is 1.71. The second-order valence-electron chi connectivity index (χ2n) is 3.80. The molecular weight excluding hydrogens is 240 g/mol. The smallest absolute Gasteiger partial charge is 0.335 e. The number of rotatable bonds is 3. The molecule has 0 atom stereocenters. The van der Waals surface area contributed by atoms with E-state index in [-0.39, 0.29) is 0 Å². The van der Waals surface area contributed by atoms with Crippen LogP contribution in [0.1, 0.15) is 21.5 Å². The van der Waals surface area contributed by atoms with Gasteiger partial charge in [0.15, 0.2) is 0 Å². The lowest BCUT2D eigenvalue weighted by molar-refractivity contribution is 0.0697. The largest absolute Gasteiger partial charge is 0.478 e. The number of aryl methyl sites for hydroxylation is 1. The fraction of sp³-hybridized carbons (Fsp3) is 0.167. The molecule has 4 nitrogen and oxygen atoms in total. The molecular formula is C12H11ClN2O2. The zero-order valence-electron chi connectivity index (χ0n) is 9.22. The Kier molecular flexibility index (Phi) is 3.15. The van der Waals surface area contributed by atoms with Crippen LogP contribution in [0.25, 0.3) is 0 Å². The van der Waals surface area contributed by atoms with E-state index in [9.17, 15) is 4.79 Å². The van der Waals surface area contributed by atoms with Crippen molar-refractivity contribution < 1.29 is 9.90 Å². The molecule has 0 saturated carbocycles. The lowest BCUT2D eigenvalue weighted by Crippen LogP contribution is -2.04. The minimum absolute atomic E-state index is 0.296. The van der Waals surface area contributed by atoms with Crippen LogP contribution in [0.2, 0.25) is 5.02 Å². The highest BCUT2D eigenvalue weighted by molar-refractivity contribution is 6.30. The van der Waals surface area contributed by atoms with E-state index in [1.807, 2.05) is 6.92 Å². The summed E-state index contributed by atoms with van der Waals surface area (Å²) in [5.41, 5.74) is 2.25. The molecule has 88 valence electrons. The average molecular weight is 251 g/mol. The predicted molar refractivity (Wildman–Crippen MR) is 64.5 cm³/mol. The maximum Gasteiger partial charge on any atom is 0.335 e. The molecule has 17 heavy (non-hydrogen) atoms. The van der Waals surface area contributed by atoms with Crippen LogP contribution >= 0.6 is 11.6 Å². The number of carbonyl (C=O) groups is 1. The third-order valence-electron chi connectivity index (χ3n) is 2.52. The van der Waals surface area contributed by atoms with Crippen LogP contribution in [-0.4, -0.2) is 20.9 Å². The van der Waals surface area contributed by atoms with Crippen LogP contribution in [0.3, 0.4) is 0 Å². The molecule has 0 radical (unpaired) electrons. The predicted octanol–water partition coefficient (Wildman–Crippen LogP) is 2.59. The molecule has 2 rings (SSSR count). The number of nitrogens with zero attached hydrogens (tertiary/aromatic N) is 2. The maximum absolute atomic E-state index is 10.8. The molecule has 0 saturated heterocycles. The summed E-state index contributed by atoms with van der Waals surface area (Å²) in [6, 6.07) is 5.05. The summed E-state index contributed by atoms with van der Waals surface area (Å²) in [6.07, 6.45) is 3.30. The fourth-order valence-electron chi connectivity index (χ4n) is 1.61. The van der Waals surface area contributed by atoms with Crippen LogP contribution in [0.15, 0.2) is 30.6 Å². The van der Waals surface area contributed by atoms with Crippen molar-refractivity contribution in [2.75, 3.05) is 0 Å². The zero-order chi connectivity index (χ0) is 12.4. The van der Waals surface area contributed by atoms with Crippen molar-refractivity contribution in [2.45, 2.75) is 13.5 Å². The van der Waals surface area contributed by atoms with E-state index in [1.54, 1.807) is 35.3 Å². The van der Waals surface area contributed by atoms with Gasteiger partial charge >= 0.3 is 5.97 Å². The lowest BCUT2D eigenvalue weighted by atomic mass is 10.1. The first-order chi connectivity index (χ1) is 8.06. The van der Waals surface area contributed by atoms with Gasteiger partial charge in [0.25, 0.3) is 0 Å². The number of aromatic nitrogens is 2. The number of hydrogen-bond donors (Lipinski definition) is 1. The maximum atomic E-state index is 10.8. The minimum atomic E-state index is -0.915. The molecule has 0 aliphatic carbocycles. The average Bonchev–Trinajstić information content (AvgIpc) is 2.67. The third-order valence-corrected chi connectivity index (χ3v) is 2.72.